The van der Waals surface area contributed by atoms with Gasteiger partial charge in [-0.15, -0.1) is 0 Å². The molecular formula is C10H18N2O2. The standard InChI is InChI=1S/C10H18N2O2/c1-3-11(2)10(14)8-12-6-4-9(13)5-7-12/h3-8H2,1-2H3. The number of nitrogens with zero attached hydrogens (tertiary/aromatic N) is 2. The zero-order valence-electron chi connectivity index (χ0n) is 8.95. The van der Waals surface area contributed by atoms with Gasteiger partial charge in [0.15, 0.2) is 0 Å². The van der Waals surface area contributed by atoms with Crippen LogP contribution in [0.4, 0.5) is 0 Å². The van der Waals surface area contributed by atoms with Crippen LogP contribution in [0.25, 0.3) is 0 Å². The van der Waals surface area contributed by atoms with E-state index >= 15 is 0 Å². The summed E-state index contributed by atoms with van der Waals surface area (Å²) < 4.78 is 0. The zero-order valence-corrected chi connectivity index (χ0v) is 8.95. The van der Waals surface area contributed by atoms with Crippen molar-refractivity contribution in [2.45, 2.75) is 19.8 Å². The molecule has 80 valence electrons. The van der Waals surface area contributed by atoms with Crippen LogP contribution in [0.15, 0.2) is 0 Å². The van der Waals surface area contributed by atoms with E-state index in [1.807, 2.05) is 6.92 Å². The van der Waals surface area contributed by atoms with Crippen LogP contribution in [-0.2, 0) is 9.59 Å². The number of likely N-dealkylation sites (tertiary alicyclic amines) is 1. The zero-order chi connectivity index (χ0) is 10.6. The molecule has 0 radical (unpaired) electrons. The van der Waals surface area contributed by atoms with E-state index in [4.69, 9.17) is 0 Å². The minimum absolute atomic E-state index is 0.141. The lowest BCUT2D eigenvalue weighted by molar-refractivity contribution is -0.132. The molecular weight excluding hydrogens is 180 g/mol. The number of hydrogen-bond acceptors (Lipinski definition) is 3. The normalized spacial score (nSPS) is 18.3. The SMILES string of the molecule is CCN(C)C(=O)CN1CCC(=O)CC1. The maximum absolute atomic E-state index is 11.5. The first-order valence-electron chi connectivity index (χ1n) is 5.11. The third-order valence-electron chi connectivity index (χ3n) is 2.67. The Kier molecular flexibility index (Phi) is 4.07. The van der Waals surface area contributed by atoms with Crippen molar-refractivity contribution in [1.29, 1.82) is 0 Å². The van der Waals surface area contributed by atoms with Crippen LogP contribution >= 0.6 is 0 Å². The van der Waals surface area contributed by atoms with Gasteiger partial charge in [0, 0.05) is 39.5 Å². The highest BCUT2D eigenvalue weighted by Gasteiger charge is 2.19. The Bertz CT molecular complexity index is 218. The number of ketones is 1. The molecule has 1 heterocycles. The summed E-state index contributed by atoms with van der Waals surface area (Å²) in [5.74, 6) is 0.458. The molecule has 0 atom stereocenters. The second kappa shape index (κ2) is 5.10. The average molecular weight is 198 g/mol. The summed E-state index contributed by atoms with van der Waals surface area (Å²) in [6, 6.07) is 0. The lowest BCUT2D eigenvalue weighted by atomic mass is 10.1. The van der Waals surface area contributed by atoms with Crippen LogP contribution in [0.2, 0.25) is 0 Å². The second-order valence-electron chi connectivity index (χ2n) is 3.72. The van der Waals surface area contributed by atoms with Gasteiger partial charge >= 0.3 is 0 Å². The van der Waals surface area contributed by atoms with Gasteiger partial charge in [0.1, 0.15) is 5.78 Å². The maximum atomic E-state index is 11.5. The van der Waals surface area contributed by atoms with E-state index in [0.29, 0.717) is 25.2 Å². The smallest absolute Gasteiger partial charge is 0.236 e. The number of rotatable bonds is 3. The molecule has 1 aliphatic rings. The second-order valence-corrected chi connectivity index (χ2v) is 3.72. The quantitative estimate of drug-likeness (QED) is 0.647. The van der Waals surface area contributed by atoms with E-state index in [2.05, 4.69) is 4.90 Å². The minimum atomic E-state index is 0.141. The fourth-order valence-electron chi connectivity index (χ4n) is 1.45. The first kappa shape index (κ1) is 11.2. The Hall–Kier alpha value is -0.900. The van der Waals surface area contributed by atoms with E-state index in [9.17, 15) is 9.59 Å². The molecule has 0 spiro atoms. The van der Waals surface area contributed by atoms with Gasteiger partial charge in [-0.2, -0.15) is 0 Å². The molecule has 14 heavy (non-hydrogen) atoms. The highest BCUT2D eigenvalue weighted by atomic mass is 16.2. The highest BCUT2D eigenvalue weighted by molar-refractivity contribution is 5.81. The van der Waals surface area contributed by atoms with Crippen molar-refractivity contribution in [3.63, 3.8) is 0 Å². The summed E-state index contributed by atoms with van der Waals surface area (Å²) >= 11 is 0. The molecule has 0 saturated carbocycles. The first-order valence-corrected chi connectivity index (χ1v) is 5.11. The largest absolute Gasteiger partial charge is 0.345 e. The topological polar surface area (TPSA) is 40.6 Å². The third-order valence-corrected chi connectivity index (χ3v) is 2.67. The fourth-order valence-corrected chi connectivity index (χ4v) is 1.45. The predicted molar refractivity (Wildman–Crippen MR) is 54.0 cm³/mol. The Balaban J connectivity index is 2.30. The lowest BCUT2D eigenvalue weighted by Gasteiger charge is -2.26. The monoisotopic (exact) mass is 198 g/mol. The van der Waals surface area contributed by atoms with Gasteiger partial charge in [0.2, 0.25) is 5.91 Å². The van der Waals surface area contributed by atoms with Crippen molar-refractivity contribution in [2.75, 3.05) is 33.2 Å². The van der Waals surface area contributed by atoms with E-state index in [0.717, 1.165) is 19.6 Å². The first-order chi connectivity index (χ1) is 6.63. The number of piperidine rings is 1. The maximum Gasteiger partial charge on any atom is 0.236 e. The van der Waals surface area contributed by atoms with Crippen molar-refractivity contribution in [3.8, 4) is 0 Å². The molecule has 0 aromatic carbocycles. The van der Waals surface area contributed by atoms with E-state index in [1.54, 1.807) is 11.9 Å². The summed E-state index contributed by atoms with van der Waals surface area (Å²) in [4.78, 5) is 26.2. The van der Waals surface area contributed by atoms with Gasteiger partial charge in [-0.05, 0) is 6.92 Å². The average Bonchev–Trinajstić information content (AvgIpc) is 2.20. The fraction of sp³-hybridized carbons (Fsp3) is 0.800. The predicted octanol–water partition coefficient (Wildman–Crippen LogP) is 0.130. The Labute approximate surface area is 84.9 Å². The van der Waals surface area contributed by atoms with Crippen molar-refractivity contribution in [1.82, 2.24) is 9.80 Å². The molecule has 0 unspecified atom stereocenters. The van der Waals surface area contributed by atoms with Crippen LogP contribution in [0.1, 0.15) is 19.8 Å². The van der Waals surface area contributed by atoms with Crippen molar-refractivity contribution < 1.29 is 9.59 Å². The van der Waals surface area contributed by atoms with Gasteiger partial charge < -0.3 is 4.90 Å². The number of carbonyl (C=O) groups is 2. The van der Waals surface area contributed by atoms with E-state index < -0.39 is 0 Å². The Morgan fingerprint density at radius 2 is 2.00 bits per heavy atom. The third kappa shape index (κ3) is 3.10. The van der Waals surface area contributed by atoms with Gasteiger partial charge in [0.25, 0.3) is 0 Å². The molecule has 1 amide bonds. The van der Waals surface area contributed by atoms with Gasteiger partial charge in [0.05, 0.1) is 6.54 Å². The Morgan fingerprint density at radius 1 is 1.43 bits per heavy atom. The van der Waals surface area contributed by atoms with Crippen molar-refractivity contribution in [2.24, 2.45) is 0 Å². The minimum Gasteiger partial charge on any atom is -0.345 e. The summed E-state index contributed by atoms with van der Waals surface area (Å²) in [6.45, 7) is 4.63. The molecule has 0 aliphatic carbocycles. The number of carbonyl (C=O) groups excluding carboxylic acids is 2. The molecule has 1 fully saturated rings. The molecule has 0 aromatic heterocycles. The van der Waals surface area contributed by atoms with Gasteiger partial charge in [-0.3, -0.25) is 14.5 Å². The van der Waals surface area contributed by atoms with Crippen LogP contribution in [0.3, 0.4) is 0 Å². The van der Waals surface area contributed by atoms with Gasteiger partial charge in [-0.25, -0.2) is 0 Å². The Morgan fingerprint density at radius 3 is 2.50 bits per heavy atom. The van der Waals surface area contributed by atoms with Crippen molar-refractivity contribution >= 4 is 11.7 Å². The highest BCUT2D eigenvalue weighted by Crippen LogP contribution is 2.05. The van der Waals surface area contributed by atoms with Crippen LogP contribution in [0.5, 0.6) is 0 Å². The number of amides is 1. The molecule has 0 N–H and O–H groups in total. The van der Waals surface area contributed by atoms with Crippen LogP contribution < -0.4 is 0 Å². The number of likely N-dealkylation sites (N-methyl/N-ethyl adjacent to an activating group) is 1. The van der Waals surface area contributed by atoms with Crippen molar-refractivity contribution in [3.05, 3.63) is 0 Å². The number of hydrogen-bond donors (Lipinski definition) is 0. The van der Waals surface area contributed by atoms with E-state index in [1.165, 1.54) is 0 Å². The molecule has 0 aromatic rings. The molecule has 1 saturated heterocycles. The van der Waals surface area contributed by atoms with Gasteiger partial charge in [-0.1, -0.05) is 0 Å². The summed E-state index contributed by atoms with van der Waals surface area (Å²) in [6.07, 6.45) is 1.20. The molecule has 4 nitrogen and oxygen atoms in total. The summed E-state index contributed by atoms with van der Waals surface area (Å²) in [7, 11) is 1.80. The van der Waals surface area contributed by atoms with Crippen LogP contribution in [-0.4, -0.2) is 54.7 Å². The summed E-state index contributed by atoms with van der Waals surface area (Å²) in [5.41, 5.74) is 0. The lowest BCUT2D eigenvalue weighted by Crippen LogP contribution is -2.42. The van der Waals surface area contributed by atoms with Crippen LogP contribution in [0, 0.1) is 0 Å². The number of Topliss-reactive ketones (excluding diaryl/α,β-unsaturated/α-hetero) is 1. The van der Waals surface area contributed by atoms with E-state index in [-0.39, 0.29) is 5.91 Å². The summed E-state index contributed by atoms with van der Waals surface area (Å²) in [5, 5.41) is 0. The molecule has 1 aliphatic heterocycles. The molecule has 0 bridgehead atoms. The molecule has 1 rings (SSSR count). The molecule has 4 heteroatoms.